The van der Waals surface area contributed by atoms with E-state index in [1.165, 1.54) is 17.4 Å². The van der Waals surface area contributed by atoms with Crippen LogP contribution in [0.3, 0.4) is 0 Å². The number of aromatic nitrogens is 3. The van der Waals surface area contributed by atoms with E-state index in [9.17, 15) is 9.59 Å². The second kappa shape index (κ2) is 9.08. The summed E-state index contributed by atoms with van der Waals surface area (Å²) in [5.74, 6) is 0.739. The molecule has 0 amide bonds. The van der Waals surface area contributed by atoms with Crippen molar-refractivity contribution in [2.24, 2.45) is 0 Å². The summed E-state index contributed by atoms with van der Waals surface area (Å²) in [6, 6.07) is 10.7. The van der Waals surface area contributed by atoms with Crippen molar-refractivity contribution < 1.29 is 4.74 Å². The van der Waals surface area contributed by atoms with E-state index in [-0.39, 0.29) is 23.3 Å². The average molecular weight is 456 g/mol. The Bertz CT molecular complexity index is 1360. The molecule has 6 nitrogen and oxygen atoms in total. The summed E-state index contributed by atoms with van der Waals surface area (Å²) in [7, 11) is 0. The fourth-order valence-electron chi connectivity index (χ4n) is 3.32. The summed E-state index contributed by atoms with van der Waals surface area (Å²) in [5.41, 5.74) is 0.853. The van der Waals surface area contributed by atoms with Crippen LogP contribution in [-0.2, 0) is 13.0 Å². The Morgan fingerprint density at radius 3 is 2.71 bits per heavy atom. The lowest BCUT2D eigenvalue weighted by Crippen LogP contribution is -2.24. The summed E-state index contributed by atoms with van der Waals surface area (Å²) < 4.78 is 7.02. The first kappa shape index (κ1) is 21.3. The first-order valence-corrected chi connectivity index (χ1v) is 11.3. The van der Waals surface area contributed by atoms with Gasteiger partial charge in [0.05, 0.1) is 23.6 Å². The molecule has 4 rings (SSSR count). The lowest BCUT2D eigenvalue weighted by Gasteiger charge is -2.14. The number of hydrogen-bond donors (Lipinski definition) is 1. The van der Waals surface area contributed by atoms with Crippen LogP contribution in [0.15, 0.2) is 52.2 Å². The van der Waals surface area contributed by atoms with Gasteiger partial charge in [-0.2, -0.15) is 0 Å². The highest BCUT2D eigenvalue weighted by Crippen LogP contribution is 2.29. The first-order valence-electron chi connectivity index (χ1n) is 10.1. The molecule has 0 bridgehead atoms. The summed E-state index contributed by atoms with van der Waals surface area (Å²) in [6.07, 6.45) is 3.18. The van der Waals surface area contributed by atoms with Crippen LogP contribution in [0.5, 0.6) is 5.75 Å². The van der Waals surface area contributed by atoms with Gasteiger partial charge in [0.1, 0.15) is 10.7 Å². The second-order valence-electron chi connectivity index (χ2n) is 7.13. The van der Waals surface area contributed by atoms with Crippen LogP contribution in [0.1, 0.15) is 30.8 Å². The van der Waals surface area contributed by atoms with Gasteiger partial charge in [0.2, 0.25) is 5.43 Å². The van der Waals surface area contributed by atoms with Crippen molar-refractivity contribution in [2.75, 3.05) is 6.61 Å². The third-order valence-electron chi connectivity index (χ3n) is 4.89. The second-order valence-corrected chi connectivity index (χ2v) is 8.65. The smallest absolute Gasteiger partial charge is 0.262 e. The maximum Gasteiger partial charge on any atom is 0.262 e. The number of fused-ring (bicyclic) bond motifs is 1. The zero-order valence-corrected chi connectivity index (χ0v) is 18.8. The van der Waals surface area contributed by atoms with E-state index in [1.807, 2.05) is 38.1 Å². The molecule has 0 aliphatic heterocycles. The van der Waals surface area contributed by atoms with Crippen LogP contribution in [0.25, 0.3) is 21.6 Å². The topological polar surface area (TPSA) is 77.0 Å². The molecule has 0 spiro atoms. The molecule has 4 aromatic rings. The molecule has 0 aliphatic carbocycles. The van der Waals surface area contributed by atoms with E-state index in [0.29, 0.717) is 38.9 Å². The van der Waals surface area contributed by atoms with Crippen molar-refractivity contribution in [2.45, 2.75) is 33.2 Å². The number of benzene rings is 1. The van der Waals surface area contributed by atoms with Crippen molar-refractivity contribution in [3.05, 3.63) is 78.8 Å². The fourth-order valence-corrected chi connectivity index (χ4v) is 4.50. The number of ether oxygens (including phenoxy) is 1. The van der Waals surface area contributed by atoms with Gasteiger partial charge in [-0.3, -0.25) is 14.2 Å². The molecule has 160 valence electrons. The van der Waals surface area contributed by atoms with Gasteiger partial charge < -0.3 is 9.72 Å². The Morgan fingerprint density at radius 1 is 1.19 bits per heavy atom. The van der Waals surface area contributed by atoms with Crippen LogP contribution < -0.4 is 15.7 Å². The lowest BCUT2D eigenvalue weighted by molar-refractivity contribution is 0.313. The Morgan fingerprint density at radius 2 is 2.00 bits per heavy atom. The van der Waals surface area contributed by atoms with E-state index in [0.717, 1.165) is 17.7 Å². The molecule has 0 saturated heterocycles. The predicted octanol–water partition coefficient (Wildman–Crippen LogP) is 4.87. The van der Waals surface area contributed by atoms with Gasteiger partial charge in [-0.1, -0.05) is 37.6 Å². The third kappa shape index (κ3) is 4.29. The predicted molar refractivity (Wildman–Crippen MR) is 126 cm³/mol. The molecule has 0 fully saturated rings. The molecule has 1 aromatic carbocycles. The van der Waals surface area contributed by atoms with E-state index < -0.39 is 0 Å². The van der Waals surface area contributed by atoms with Crippen LogP contribution in [0, 0.1) is 0 Å². The maximum absolute atomic E-state index is 13.4. The van der Waals surface area contributed by atoms with Gasteiger partial charge >= 0.3 is 0 Å². The van der Waals surface area contributed by atoms with Crippen LogP contribution in [0.4, 0.5) is 0 Å². The van der Waals surface area contributed by atoms with E-state index in [4.69, 9.17) is 21.3 Å². The highest BCUT2D eigenvalue weighted by atomic mass is 35.5. The van der Waals surface area contributed by atoms with E-state index >= 15 is 0 Å². The molecular formula is C23H22ClN3O3S. The molecule has 0 saturated carbocycles. The standard InChI is InChI=1S/C23H22ClN3O3S/c1-3-9-30-20-12-25-14(10-19(20)28)13-27-21(16-7-5-6-8-18(16)24)26-22-17(23(27)29)11-15(4-2)31-22/h5-8,10-12H,3-4,9,13H2,1-2H3,(H,25,28). The highest BCUT2D eigenvalue weighted by Gasteiger charge is 2.18. The molecule has 0 unspecified atom stereocenters. The van der Waals surface area contributed by atoms with Gasteiger partial charge in [0, 0.05) is 28.4 Å². The number of nitrogens with zero attached hydrogens (tertiary/aromatic N) is 2. The summed E-state index contributed by atoms with van der Waals surface area (Å²) in [6.45, 7) is 4.65. The molecule has 3 heterocycles. The molecule has 31 heavy (non-hydrogen) atoms. The zero-order valence-electron chi connectivity index (χ0n) is 17.3. The van der Waals surface area contributed by atoms with E-state index in [2.05, 4.69) is 4.98 Å². The monoisotopic (exact) mass is 455 g/mol. The van der Waals surface area contributed by atoms with Crippen molar-refractivity contribution in [1.29, 1.82) is 0 Å². The SMILES string of the molecule is CCCOc1c[nH]c(Cn2c(-c3ccccc3Cl)nc3sc(CC)cc3c2=O)cc1=O. The Hall–Kier alpha value is -2.90. The number of H-pyrrole nitrogens is 1. The Kier molecular flexibility index (Phi) is 6.25. The van der Waals surface area contributed by atoms with Crippen LogP contribution in [0.2, 0.25) is 5.02 Å². The number of halogens is 1. The minimum Gasteiger partial charge on any atom is -0.488 e. The van der Waals surface area contributed by atoms with Gasteiger partial charge in [0.15, 0.2) is 5.75 Å². The Balaban J connectivity index is 1.86. The number of aryl methyl sites for hydroxylation is 1. The molecular weight excluding hydrogens is 434 g/mol. The minimum atomic E-state index is -0.229. The lowest BCUT2D eigenvalue weighted by atomic mass is 10.2. The van der Waals surface area contributed by atoms with Crippen molar-refractivity contribution in [1.82, 2.24) is 14.5 Å². The maximum atomic E-state index is 13.4. The largest absolute Gasteiger partial charge is 0.488 e. The minimum absolute atomic E-state index is 0.156. The third-order valence-corrected chi connectivity index (χ3v) is 6.40. The van der Waals surface area contributed by atoms with E-state index in [1.54, 1.807) is 16.8 Å². The van der Waals surface area contributed by atoms with Gasteiger partial charge in [-0.25, -0.2) is 4.98 Å². The van der Waals surface area contributed by atoms with Gasteiger partial charge in [-0.15, -0.1) is 11.3 Å². The average Bonchev–Trinajstić information content (AvgIpc) is 3.19. The number of hydrogen-bond acceptors (Lipinski definition) is 5. The van der Waals surface area contributed by atoms with Crippen LogP contribution in [-0.4, -0.2) is 21.1 Å². The van der Waals surface area contributed by atoms with Crippen molar-refractivity contribution in [3.8, 4) is 17.1 Å². The zero-order chi connectivity index (χ0) is 22.0. The quantitative estimate of drug-likeness (QED) is 0.431. The molecule has 3 aromatic heterocycles. The molecule has 0 atom stereocenters. The van der Waals surface area contributed by atoms with Gasteiger partial charge in [-0.05, 0) is 31.0 Å². The normalized spacial score (nSPS) is 11.2. The van der Waals surface area contributed by atoms with Gasteiger partial charge in [0.25, 0.3) is 5.56 Å². The number of nitrogens with one attached hydrogen (secondary N) is 1. The van der Waals surface area contributed by atoms with Crippen molar-refractivity contribution >= 4 is 33.2 Å². The molecule has 1 N–H and O–H groups in total. The number of aromatic amines is 1. The first-order chi connectivity index (χ1) is 15.0. The fraction of sp³-hybridized carbons (Fsp3) is 0.261. The molecule has 0 radical (unpaired) electrons. The molecule has 8 heteroatoms. The number of thiophene rings is 1. The number of rotatable bonds is 7. The summed E-state index contributed by atoms with van der Waals surface area (Å²) in [5, 5.41) is 1.08. The highest BCUT2D eigenvalue weighted by molar-refractivity contribution is 7.18. The molecule has 0 aliphatic rings. The Labute approximate surface area is 188 Å². The van der Waals surface area contributed by atoms with Crippen LogP contribution >= 0.6 is 22.9 Å². The number of pyridine rings is 1. The summed E-state index contributed by atoms with van der Waals surface area (Å²) in [4.78, 5) is 35.5. The summed E-state index contributed by atoms with van der Waals surface area (Å²) >= 11 is 7.95. The van der Waals surface area contributed by atoms with Crippen molar-refractivity contribution in [3.63, 3.8) is 0 Å².